The molecule has 0 spiro atoms. The van der Waals surface area contributed by atoms with Crippen LogP contribution in [0.4, 0.5) is 5.95 Å². The summed E-state index contributed by atoms with van der Waals surface area (Å²) in [6.07, 6.45) is 2.01. The smallest absolute Gasteiger partial charge is 0.267 e. The quantitative estimate of drug-likeness (QED) is 0.928. The first-order valence-electron chi connectivity index (χ1n) is 7.40. The maximum atomic E-state index is 12.8. The summed E-state index contributed by atoms with van der Waals surface area (Å²) in [5, 5.41) is 4.10. The Labute approximate surface area is 135 Å². The molecule has 0 fully saturated rings. The minimum absolute atomic E-state index is 0.0282. The molecule has 124 valence electrons. The number of hydrogen-bond acceptors (Lipinski definition) is 5. The molecule has 1 unspecified atom stereocenters. The van der Waals surface area contributed by atoms with E-state index in [0.717, 1.165) is 5.56 Å². The van der Waals surface area contributed by atoms with Crippen molar-refractivity contribution in [3.05, 3.63) is 30.1 Å². The van der Waals surface area contributed by atoms with Crippen LogP contribution in [0.5, 0.6) is 5.75 Å². The fourth-order valence-corrected chi connectivity index (χ4v) is 3.77. The number of rotatable bonds is 3. The van der Waals surface area contributed by atoms with E-state index in [1.54, 1.807) is 6.07 Å². The molecule has 1 aromatic heterocycles. The summed E-state index contributed by atoms with van der Waals surface area (Å²) in [7, 11) is -3.81. The van der Waals surface area contributed by atoms with Crippen molar-refractivity contribution in [1.82, 2.24) is 14.8 Å². The molecule has 2 heterocycles. The summed E-state index contributed by atoms with van der Waals surface area (Å²) in [4.78, 5) is 4.15. The van der Waals surface area contributed by atoms with Gasteiger partial charge in [-0.25, -0.2) is 17.8 Å². The Kier molecular flexibility index (Phi) is 3.59. The van der Waals surface area contributed by atoms with Crippen LogP contribution in [0.25, 0.3) is 0 Å². The SMILES string of the molecule is CC1Cc2cccc(S(=O)(=O)Nc3ncnn3C(C)(C)C)c2O1. The molecule has 0 bridgehead atoms. The number of benzene rings is 1. The Balaban J connectivity index is 1.99. The van der Waals surface area contributed by atoms with E-state index in [4.69, 9.17) is 4.74 Å². The van der Waals surface area contributed by atoms with Crippen LogP contribution in [0.2, 0.25) is 0 Å². The zero-order chi connectivity index (χ0) is 16.8. The van der Waals surface area contributed by atoms with Gasteiger partial charge in [0, 0.05) is 6.42 Å². The van der Waals surface area contributed by atoms with E-state index in [2.05, 4.69) is 14.8 Å². The fourth-order valence-electron chi connectivity index (χ4n) is 2.60. The van der Waals surface area contributed by atoms with Crippen LogP contribution in [-0.4, -0.2) is 29.3 Å². The van der Waals surface area contributed by atoms with Gasteiger partial charge < -0.3 is 4.74 Å². The molecule has 23 heavy (non-hydrogen) atoms. The summed E-state index contributed by atoms with van der Waals surface area (Å²) < 4.78 is 35.3. The van der Waals surface area contributed by atoms with E-state index in [9.17, 15) is 8.42 Å². The van der Waals surface area contributed by atoms with E-state index >= 15 is 0 Å². The van der Waals surface area contributed by atoms with Crippen LogP contribution in [0, 0.1) is 0 Å². The van der Waals surface area contributed by atoms with Crippen LogP contribution in [-0.2, 0) is 22.0 Å². The lowest BCUT2D eigenvalue weighted by atomic mass is 10.1. The summed E-state index contributed by atoms with van der Waals surface area (Å²) in [6.45, 7) is 7.68. The van der Waals surface area contributed by atoms with Gasteiger partial charge in [-0.05, 0) is 39.3 Å². The second kappa shape index (κ2) is 5.23. The molecule has 0 amide bonds. The number of nitrogens with one attached hydrogen (secondary N) is 1. The largest absolute Gasteiger partial charge is 0.489 e. The fraction of sp³-hybridized carbons (Fsp3) is 0.467. The van der Waals surface area contributed by atoms with Gasteiger partial charge in [0.25, 0.3) is 10.0 Å². The topological polar surface area (TPSA) is 86.1 Å². The van der Waals surface area contributed by atoms with Crippen molar-refractivity contribution in [2.45, 2.75) is 50.7 Å². The molecule has 1 aromatic carbocycles. The molecule has 1 aliphatic heterocycles. The van der Waals surface area contributed by atoms with E-state index in [-0.39, 0.29) is 16.9 Å². The number of aromatic nitrogens is 3. The van der Waals surface area contributed by atoms with Gasteiger partial charge in [0.2, 0.25) is 5.95 Å². The molecule has 0 radical (unpaired) electrons. The van der Waals surface area contributed by atoms with Crippen molar-refractivity contribution in [3.63, 3.8) is 0 Å². The number of fused-ring (bicyclic) bond motifs is 1. The molecule has 8 heteroatoms. The van der Waals surface area contributed by atoms with Crippen molar-refractivity contribution >= 4 is 16.0 Å². The number of para-hydroxylation sites is 1. The molecule has 0 saturated heterocycles. The first kappa shape index (κ1) is 15.8. The zero-order valence-electron chi connectivity index (χ0n) is 13.6. The van der Waals surface area contributed by atoms with Crippen LogP contribution >= 0.6 is 0 Å². The van der Waals surface area contributed by atoms with Gasteiger partial charge in [0.15, 0.2) is 0 Å². The van der Waals surface area contributed by atoms with Crippen LogP contribution in [0.3, 0.4) is 0 Å². The van der Waals surface area contributed by atoms with E-state index in [1.165, 1.54) is 17.1 Å². The van der Waals surface area contributed by atoms with Crippen molar-refractivity contribution < 1.29 is 13.2 Å². The average molecular weight is 336 g/mol. The third kappa shape index (κ3) is 2.90. The molecule has 2 aromatic rings. The number of anilines is 1. The van der Waals surface area contributed by atoms with Crippen molar-refractivity contribution in [3.8, 4) is 5.75 Å². The number of ether oxygens (including phenoxy) is 1. The normalized spacial score (nSPS) is 17.7. The van der Waals surface area contributed by atoms with Crippen molar-refractivity contribution in [2.24, 2.45) is 0 Å². The number of sulfonamides is 1. The third-order valence-electron chi connectivity index (χ3n) is 3.59. The van der Waals surface area contributed by atoms with Crippen LogP contribution in [0.15, 0.2) is 29.4 Å². The Bertz CT molecular complexity index is 837. The molecule has 1 aliphatic rings. The first-order valence-corrected chi connectivity index (χ1v) is 8.88. The highest BCUT2D eigenvalue weighted by molar-refractivity contribution is 7.92. The second-order valence-electron chi connectivity index (χ2n) is 6.65. The predicted molar refractivity (Wildman–Crippen MR) is 86.1 cm³/mol. The number of nitrogens with zero attached hydrogens (tertiary/aromatic N) is 3. The molecule has 1 N–H and O–H groups in total. The molecular weight excluding hydrogens is 316 g/mol. The highest BCUT2D eigenvalue weighted by atomic mass is 32.2. The Morgan fingerprint density at radius 1 is 1.35 bits per heavy atom. The molecule has 0 saturated carbocycles. The third-order valence-corrected chi connectivity index (χ3v) is 4.94. The molecular formula is C15H20N4O3S. The predicted octanol–water partition coefficient (Wildman–Crippen LogP) is 2.16. The molecule has 0 aliphatic carbocycles. The maximum absolute atomic E-state index is 12.8. The van der Waals surface area contributed by atoms with Crippen molar-refractivity contribution in [2.75, 3.05) is 4.72 Å². The van der Waals surface area contributed by atoms with Crippen LogP contribution in [0.1, 0.15) is 33.3 Å². The lowest BCUT2D eigenvalue weighted by Gasteiger charge is -2.21. The van der Waals surface area contributed by atoms with Gasteiger partial charge in [-0.15, -0.1) is 0 Å². The van der Waals surface area contributed by atoms with E-state index in [1.807, 2.05) is 33.8 Å². The monoisotopic (exact) mass is 336 g/mol. The lowest BCUT2D eigenvalue weighted by molar-refractivity contribution is 0.249. The summed E-state index contributed by atoms with van der Waals surface area (Å²) >= 11 is 0. The van der Waals surface area contributed by atoms with Gasteiger partial charge in [-0.3, -0.25) is 0 Å². The molecule has 7 nitrogen and oxygen atoms in total. The Hall–Kier alpha value is -2.09. The number of hydrogen-bond donors (Lipinski definition) is 1. The van der Waals surface area contributed by atoms with Crippen LogP contribution < -0.4 is 9.46 Å². The standard InChI is InChI=1S/C15H20N4O3S/c1-10-8-11-6-5-7-12(13(11)22-10)23(20,21)18-14-16-9-17-19(14)15(2,3)4/h5-7,9-10H,8H2,1-4H3,(H,16,17,18). The van der Waals surface area contributed by atoms with Gasteiger partial charge >= 0.3 is 0 Å². The Morgan fingerprint density at radius 2 is 2.09 bits per heavy atom. The van der Waals surface area contributed by atoms with Gasteiger partial charge in [0.05, 0.1) is 5.54 Å². The minimum Gasteiger partial charge on any atom is -0.489 e. The maximum Gasteiger partial charge on any atom is 0.267 e. The zero-order valence-corrected chi connectivity index (χ0v) is 14.4. The van der Waals surface area contributed by atoms with Gasteiger partial charge in [-0.1, -0.05) is 12.1 Å². The highest BCUT2D eigenvalue weighted by Gasteiger charge is 2.30. The molecule has 1 atom stereocenters. The van der Waals surface area contributed by atoms with Crippen molar-refractivity contribution in [1.29, 1.82) is 0 Å². The summed E-state index contributed by atoms with van der Waals surface area (Å²) in [5.41, 5.74) is 0.510. The second-order valence-corrected chi connectivity index (χ2v) is 8.30. The van der Waals surface area contributed by atoms with E-state index in [0.29, 0.717) is 12.2 Å². The Morgan fingerprint density at radius 3 is 2.78 bits per heavy atom. The summed E-state index contributed by atoms with van der Waals surface area (Å²) in [6, 6.07) is 5.15. The average Bonchev–Trinajstić information content (AvgIpc) is 3.01. The lowest BCUT2D eigenvalue weighted by Crippen LogP contribution is -2.27. The van der Waals surface area contributed by atoms with Gasteiger partial charge in [0.1, 0.15) is 23.1 Å². The summed E-state index contributed by atoms with van der Waals surface area (Å²) in [5.74, 6) is 0.607. The van der Waals surface area contributed by atoms with Gasteiger partial charge in [-0.2, -0.15) is 10.1 Å². The molecule has 3 rings (SSSR count). The highest BCUT2D eigenvalue weighted by Crippen LogP contribution is 2.35. The minimum atomic E-state index is -3.81. The van der Waals surface area contributed by atoms with E-state index < -0.39 is 15.6 Å². The first-order chi connectivity index (χ1) is 10.7.